The number of rotatable bonds is 4. The average Bonchev–Trinajstić information content (AvgIpc) is 4.20. The van der Waals surface area contributed by atoms with Crippen molar-refractivity contribution < 1.29 is 4.42 Å². The molecule has 15 rings (SSSR count). The largest absolute Gasteiger partial charge is 0.456 e. The number of nitrogens with zero attached hydrogens (tertiary/aromatic N) is 6. The summed E-state index contributed by atoms with van der Waals surface area (Å²) in [6, 6.07) is 77.1. The molecule has 7 heteroatoms. The van der Waals surface area contributed by atoms with Crippen LogP contribution in [-0.4, -0.2) is 18.3 Å². The van der Waals surface area contributed by atoms with Crippen molar-refractivity contribution in [2.75, 3.05) is 0 Å². The lowest BCUT2D eigenvalue weighted by Crippen LogP contribution is -2.16. The third-order valence-electron chi connectivity index (χ3n) is 14.4. The summed E-state index contributed by atoms with van der Waals surface area (Å²) in [6.45, 7) is 0. The van der Waals surface area contributed by atoms with Crippen molar-refractivity contribution in [3.63, 3.8) is 0 Å². The Hall–Kier alpha value is -9.82. The second kappa shape index (κ2) is 13.9. The predicted octanol–water partition coefficient (Wildman–Crippen LogP) is 15.7. The predicted molar refractivity (Wildman–Crippen MR) is 281 cm³/mol. The molecule has 0 saturated heterocycles. The molecule has 0 saturated carbocycles. The van der Waals surface area contributed by atoms with Gasteiger partial charge in [0.15, 0.2) is 0 Å². The van der Waals surface area contributed by atoms with Gasteiger partial charge in [-0.2, -0.15) is 10.5 Å². The Morgan fingerprint density at radius 1 is 0.261 bits per heavy atom. The molecular formula is C62H34N6O. The number of para-hydroxylation sites is 8. The molecular weight excluding hydrogens is 845 g/mol. The molecule has 7 nitrogen and oxygen atoms in total. The van der Waals surface area contributed by atoms with Gasteiger partial charge in [0.05, 0.1) is 66.9 Å². The van der Waals surface area contributed by atoms with Gasteiger partial charge < -0.3 is 22.7 Å². The van der Waals surface area contributed by atoms with E-state index in [1.807, 2.05) is 42.5 Å². The molecule has 318 valence electrons. The number of fused-ring (bicyclic) bond motifs is 15. The fourth-order valence-electron chi connectivity index (χ4n) is 11.7. The molecule has 5 aromatic heterocycles. The lowest BCUT2D eigenvalue weighted by molar-refractivity contribution is 0.669. The summed E-state index contributed by atoms with van der Waals surface area (Å²) >= 11 is 0. The van der Waals surface area contributed by atoms with E-state index in [9.17, 15) is 10.5 Å². The molecule has 69 heavy (non-hydrogen) atoms. The van der Waals surface area contributed by atoms with E-state index in [0.717, 1.165) is 109 Å². The van der Waals surface area contributed by atoms with Crippen molar-refractivity contribution in [3.05, 3.63) is 217 Å². The third-order valence-corrected chi connectivity index (χ3v) is 14.4. The first-order valence-corrected chi connectivity index (χ1v) is 23.1. The Balaban J connectivity index is 1.29. The molecule has 0 bridgehead atoms. The van der Waals surface area contributed by atoms with Crippen LogP contribution in [0.2, 0.25) is 0 Å². The zero-order valence-electron chi connectivity index (χ0n) is 36.7. The fraction of sp³-hybridized carbons (Fsp3) is 0. The molecule has 0 aliphatic carbocycles. The van der Waals surface area contributed by atoms with Crippen LogP contribution in [0, 0.1) is 22.7 Å². The molecule has 0 aliphatic rings. The summed E-state index contributed by atoms with van der Waals surface area (Å²) < 4.78 is 15.6. The lowest BCUT2D eigenvalue weighted by Gasteiger charge is -2.27. The van der Waals surface area contributed by atoms with E-state index in [0.29, 0.717) is 33.9 Å². The molecule has 0 radical (unpaired) electrons. The van der Waals surface area contributed by atoms with E-state index in [-0.39, 0.29) is 0 Å². The van der Waals surface area contributed by atoms with Crippen LogP contribution in [0.15, 0.2) is 211 Å². The normalized spacial score (nSPS) is 12.0. The number of nitriles is 2. The van der Waals surface area contributed by atoms with Crippen LogP contribution >= 0.6 is 0 Å². The highest BCUT2D eigenvalue weighted by Crippen LogP contribution is 2.49. The summed E-state index contributed by atoms with van der Waals surface area (Å²) in [7, 11) is 0. The van der Waals surface area contributed by atoms with Gasteiger partial charge in [0.25, 0.3) is 0 Å². The van der Waals surface area contributed by atoms with Crippen LogP contribution in [0.1, 0.15) is 11.1 Å². The Bertz CT molecular complexity index is 4660. The van der Waals surface area contributed by atoms with Gasteiger partial charge in [-0.1, -0.05) is 146 Å². The minimum Gasteiger partial charge on any atom is -0.456 e. The fourth-order valence-corrected chi connectivity index (χ4v) is 11.7. The molecule has 5 heterocycles. The molecule has 15 aromatic rings. The van der Waals surface area contributed by atoms with Crippen LogP contribution in [-0.2, 0) is 0 Å². The highest BCUT2D eigenvalue weighted by Gasteiger charge is 2.34. The van der Waals surface area contributed by atoms with E-state index in [2.05, 4.69) is 194 Å². The van der Waals surface area contributed by atoms with Gasteiger partial charge in [0.1, 0.15) is 34.4 Å². The van der Waals surface area contributed by atoms with Crippen LogP contribution in [0.25, 0.3) is 132 Å². The van der Waals surface area contributed by atoms with Gasteiger partial charge in [-0.05, 0) is 60.7 Å². The lowest BCUT2D eigenvalue weighted by atomic mass is 9.98. The summed E-state index contributed by atoms with van der Waals surface area (Å²) in [5.74, 6) is 0. The zero-order chi connectivity index (χ0) is 45.5. The third kappa shape index (κ3) is 4.87. The summed E-state index contributed by atoms with van der Waals surface area (Å²) in [5, 5.41) is 34.9. The Morgan fingerprint density at radius 2 is 0.565 bits per heavy atom. The minimum atomic E-state index is 0.360. The van der Waals surface area contributed by atoms with Crippen molar-refractivity contribution in [1.82, 2.24) is 18.3 Å². The first-order valence-electron chi connectivity index (χ1n) is 23.1. The maximum absolute atomic E-state index is 12.4. The van der Waals surface area contributed by atoms with E-state index in [4.69, 9.17) is 4.42 Å². The molecule has 0 spiro atoms. The molecule has 10 aromatic carbocycles. The number of benzene rings is 10. The van der Waals surface area contributed by atoms with Crippen molar-refractivity contribution in [3.8, 4) is 34.9 Å². The molecule has 0 atom stereocenters. The van der Waals surface area contributed by atoms with E-state index in [1.54, 1.807) is 0 Å². The van der Waals surface area contributed by atoms with Crippen LogP contribution in [0.4, 0.5) is 0 Å². The van der Waals surface area contributed by atoms with Gasteiger partial charge in [0.2, 0.25) is 0 Å². The first-order chi connectivity index (χ1) is 34.2. The monoisotopic (exact) mass is 878 g/mol. The second-order valence-electron chi connectivity index (χ2n) is 17.8. The smallest absolute Gasteiger partial charge is 0.136 e. The van der Waals surface area contributed by atoms with Gasteiger partial charge in [0, 0.05) is 53.9 Å². The van der Waals surface area contributed by atoms with Gasteiger partial charge >= 0.3 is 0 Å². The highest BCUT2D eigenvalue weighted by molar-refractivity contribution is 6.19. The van der Waals surface area contributed by atoms with Gasteiger partial charge in [-0.25, -0.2) is 0 Å². The number of aromatic nitrogens is 4. The first kappa shape index (κ1) is 37.4. The maximum atomic E-state index is 12.4. The van der Waals surface area contributed by atoms with Crippen LogP contribution in [0.5, 0.6) is 0 Å². The Morgan fingerprint density at radius 3 is 0.957 bits per heavy atom. The number of hydrogen-bond donors (Lipinski definition) is 0. The average molecular weight is 879 g/mol. The number of furan rings is 1. The van der Waals surface area contributed by atoms with E-state index >= 15 is 0 Å². The van der Waals surface area contributed by atoms with Crippen molar-refractivity contribution >= 4 is 109 Å². The standard InChI is InChI=1S/C62H34N6O/c63-35-47-59(65-49-25-9-1-17-37(49)38-18-2-10-26-50(38)65)48(36-64)61(68-55-31-15-7-23-43(55)45-34-58-46(33-56(45)68)44-24-8-16-32-57(44)69-58)62(67-53-29-13-5-21-41(53)42-22-6-14-30-54(42)67)60(47)66-51-27-11-3-19-39(51)40-20-4-12-28-52(40)66/h1-34H. The second-order valence-corrected chi connectivity index (χ2v) is 17.8. The van der Waals surface area contributed by atoms with Crippen LogP contribution < -0.4 is 0 Å². The topological polar surface area (TPSA) is 80.4 Å². The van der Waals surface area contributed by atoms with Crippen molar-refractivity contribution in [2.45, 2.75) is 0 Å². The summed E-state index contributed by atoms with van der Waals surface area (Å²) in [6.07, 6.45) is 0. The molecule has 0 unspecified atom stereocenters. The van der Waals surface area contributed by atoms with Crippen molar-refractivity contribution in [2.24, 2.45) is 0 Å². The minimum absolute atomic E-state index is 0.360. The summed E-state index contributed by atoms with van der Waals surface area (Å²) in [4.78, 5) is 0. The van der Waals surface area contributed by atoms with Gasteiger partial charge in [-0.15, -0.1) is 0 Å². The summed E-state index contributed by atoms with van der Waals surface area (Å²) in [5.41, 5.74) is 12.2. The van der Waals surface area contributed by atoms with E-state index < -0.39 is 0 Å². The van der Waals surface area contributed by atoms with Crippen molar-refractivity contribution in [1.29, 1.82) is 10.5 Å². The Kier molecular flexibility index (Phi) is 7.51. The Labute approximate surface area is 392 Å². The molecule has 0 aliphatic heterocycles. The zero-order valence-corrected chi connectivity index (χ0v) is 36.7. The highest BCUT2D eigenvalue weighted by atomic mass is 16.3. The molecule has 0 N–H and O–H groups in total. The van der Waals surface area contributed by atoms with Gasteiger partial charge in [-0.3, -0.25) is 0 Å². The number of hydrogen-bond acceptors (Lipinski definition) is 3. The maximum Gasteiger partial charge on any atom is 0.136 e. The van der Waals surface area contributed by atoms with E-state index in [1.165, 1.54) is 0 Å². The quantitative estimate of drug-likeness (QED) is 0.177. The molecule has 0 fully saturated rings. The van der Waals surface area contributed by atoms with Crippen LogP contribution in [0.3, 0.4) is 0 Å². The SMILES string of the molecule is N#Cc1c(-n2c3ccccc3c3ccccc32)c(C#N)c(-n2c3ccccc3c3cc4oc5ccccc5c4cc32)c(-n2c3ccccc3c3ccccc32)c1-n1c2ccccc2c2ccccc21. The molecule has 0 amide bonds.